The summed E-state index contributed by atoms with van der Waals surface area (Å²) in [5.41, 5.74) is 1.89. The molecule has 1 saturated heterocycles. The van der Waals surface area contributed by atoms with Crippen LogP contribution in [-0.2, 0) is 15.9 Å². The van der Waals surface area contributed by atoms with Gasteiger partial charge in [-0.2, -0.15) is 0 Å². The molecule has 1 aliphatic heterocycles. The zero-order chi connectivity index (χ0) is 30.0. The van der Waals surface area contributed by atoms with Gasteiger partial charge in [0.25, 0.3) is 0 Å². The number of aliphatic hydroxyl groups excluding tert-OH is 5. The van der Waals surface area contributed by atoms with Gasteiger partial charge in [0, 0.05) is 18.1 Å². The second-order valence-electron chi connectivity index (χ2n) is 10.1. The molecule has 0 bridgehead atoms. The van der Waals surface area contributed by atoms with E-state index in [0.717, 1.165) is 5.56 Å². The molecule has 41 heavy (non-hydrogen) atoms. The molecule has 2 aromatic rings. The third-order valence-electron chi connectivity index (χ3n) is 7.99. The van der Waals surface area contributed by atoms with E-state index in [1.807, 2.05) is 0 Å². The minimum absolute atomic E-state index is 0.0677. The van der Waals surface area contributed by atoms with Crippen LogP contribution in [0.4, 0.5) is 0 Å². The normalized spacial score (nSPS) is 29.5. The molecule has 8 atom stereocenters. The molecule has 0 unspecified atom stereocenters. The lowest BCUT2D eigenvalue weighted by Crippen LogP contribution is -2.59. The first-order chi connectivity index (χ1) is 19.6. The maximum atomic E-state index is 10.9. The van der Waals surface area contributed by atoms with Gasteiger partial charge in [0.1, 0.15) is 24.4 Å². The molecule has 1 fully saturated rings. The van der Waals surface area contributed by atoms with Crippen LogP contribution in [0.1, 0.15) is 22.6 Å². The third kappa shape index (κ3) is 5.58. The smallest absolute Gasteiger partial charge is 0.201 e. The minimum Gasteiger partial charge on any atom is -0.502 e. The van der Waals surface area contributed by atoms with E-state index in [0.29, 0.717) is 17.5 Å². The molecule has 0 aromatic heterocycles. The van der Waals surface area contributed by atoms with E-state index in [1.54, 1.807) is 18.2 Å². The highest BCUT2D eigenvalue weighted by Crippen LogP contribution is 2.54. The molecule has 0 saturated carbocycles. The van der Waals surface area contributed by atoms with Crippen molar-refractivity contribution in [2.75, 3.05) is 48.3 Å². The molecule has 0 spiro atoms. The van der Waals surface area contributed by atoms with Crippen LogP contribution in [0.5, 0.6) is 34.5 Å². The van der Waals surface area contributed by atoms with E-state index in [2.05, 4.69) is 0 Å². The molecule has 228 valence electrons. The van der Waals surface area contributed by atoms with Gasteiger partial charge >= 0.3 is 0 Å². The van der Waals surface area contributed by atoms with Crippen LogP contribution >= 0.6 is 0 Å². The molecule has 0 radical (unpaired) electrons. The Balaban J connectivity index is 1.80. The Bertz CT molecular complexity index is 1180. The van der Waals surface area contributed by atoms with E-state index >= 15 is 0 Å². The van der Waals surface area contributed by atoms with Crippen molar-refractivity contribution in [3.8, 4) is 34.5 Å². The Morgan fingerprint density at radius 3 is 1.93 bits per heavy atom. The van der Waals surface area contributed by atoms with Crippen LogP contribution in [0.3, 0.4) is 0 Å². The standard InChI is InChI=1S/C28H38O13/c1-36-16-7-13(8-17(37-2)22(16)31)20-15(9-29)14(5-12-6-18(38-3)24(33)27(39-4)21(12)20)11-40-28-26(35)25(34)23(32)19(10-30)41-28/h6-8,14-15,19-20,23,25-26,28-35H,5,9-11H2,1-4H3/t14-,15-,19+,20+,23+,25-,26+,28+/m0/s1. The Labute approximate surface area is 237 Å². The van der Waals surface area contributed by atoms with E-state index in [-0.39, 0.29) is 47.7 Å². The number of fused-ring (bicyclic) bond motifs is 1. The summed E-state index contributed by atoms with van der Waals surface area (Å²) in [4.78, 5) is 0. The fraction of sp³-hybridized carbons (Fsp3) is 0.571. The summed E-state index contributed by atoms with van der Waals surface area (Å²) in [7, 11) is 5.61. The van der Waals surface area contributed by atoms with Crippen LogP contribution in [0.2, 0.25) is 0 Å². The van der Waals surface area contributed by atoms with Gasteiger partial charge < -0.3 is 64.2 Å². The van der Waals surface area contributed by atoms with Gasteiger partial charge in [0.2, 0.25) is 11.5 Å². The average Bonchev–Trinajstić information content (AvgIpc) is 2.98. The van der Waals surface area contributed by atoms with Crippen LogP contribution < -0.4 is 18.9 Å². The Morgan fingerprint density at radius 1 is 0.780 bits per heavy atom. The van der Waals surface area contributed by atoms with Gasteiger partial charge in [-0.1, -0.05) is 0 Å². The molecule has 1 aliphatic carbocycles. The fourth-order valence-corrected chi connectivity index (χ4v) is 5.85. The molecule has 13 nitrogen and oxygen atoms in total. The zero-order valence-corrected chi connectivity index (χ0v) is 23.3. The number of benzene rings is 2. The lowest BCUT2D eigenvalue weighted by molar-refractivity contribution is -0.304. The minimum atomic E-state index is -1.60. The van der Waals surface area contributed by atoms with Crippen molar-refractivity contribution >= 4 is 0 Å². The molecule has 4 rings (SSSR count). The fourth-order valence-electron chi connectivity index (χ4n) is 5.85. The van der Waals surface area contributed by atoms with Gasteiger partial charge in [-0.25, -0.2) is 0 Å². The summed E-state index contributed by atoms with van der Waals surface area (Å²) < 4.78 is 33.2. The van der Waals surface area contributed by atoms with Crippen molar-refractivity contribution in [3.63, 3.8) is 0 Å². The van der Waals surface area contributed by atoms with E-state index in [1.165, 1.54) is 28.4 Å². The second-order valence-corrected chi connectivity index (χ2v) is 10.1. The topological polar surface area (TPSA) is 197 Å². The van der Waals surface area contributed by atoms with Crippen molar-refractivity contribution in [3.05, 3.63) is 34.9 Å². The van der Waals surface area contributed by atoms with Crippen LogP contribution in [-0.4, -0.2) is 115 Å². The van der Waals surface area contributed by atoms with Crippen molar-refractivity contribution in [2.45, 2.75) is 43.0 Å². The Kier molecular flexibility index (Phi) is 9.70. The van der Waals surface area contributed by atoms with Crippen LogP contribution in [0.25, 0.3) is 0 Å². The summed E-state index contributed by atoms with van der Waals surface area (Å²) in [5, 5.41) is 72.5. The maximum absolute atomic E-state index is 10.9. The molecule has 7 N–H and O–H groups in total. The third-order valence-corrected chi connectivity index (χ3v) is 7.99. The molecule has 1 heterocycles. The average molecular weight is 583 g/mol. The molecular weight excluding hydrogens is 544 g/mol. The SMILES string of the molecule is COc1cc([C@H]2c3c(cc(OC)c(O)c3OC)C[C@@H](CO[C@@H]3O[C@H](CO)[C@@H](O)[C@H](O)[C@H]3O)[C@@H]2CO)cc(OC)c1O. The Morgan fingerprint density at radius 2 is 1.39 bits per heavy atom. The van der Waals surface area contributed by atoms with Gasteiger partial charge in [-0.3, -0.25) is 0 Å². The lowest BCUT2D eigenvalue weighted by Gasteiger charge is -2.42. The second kappa shape index (κ2) is 12.9. The van der Waals surface area contributed by atoms with Crippen LogP contribution in [0, 0.1) is 11.8 Å². The molecule has 13 heteroatoms. The number of phenols is 2. The Hall–Kier alpha value is -3.04. The number of aliphatic hydroxyl groups is 5. The zero-order valence-electron chi connectivity index (χ0n) is 23.3. The summed E-state index contributed by atoms with van der Waals surface area (Å²) in [6.45, 7) is -1.01. The van der Waals surface area contributed by atoms with Gasteiger partial charge in [0.15, 0.2) is 29.3 Å². The molecule has 2 aliphatic rings. The number of ether oxygens (including phenoxy) is 6. The number of hydrogen-bond acceptors (Lipinski definition) is 13. The number of hydrogen-bond donors (Lipinski definition) is 7. The highest BCUT2D eigenvalue weighted by molar-refractivity contribution is 5.64. The van der Waals surface area contributed by atoms with E-state index in [9.17, 15) is 35.7 Å². The van der Waals surface area contributed by atoms with Crippen molar-refractivity contribution in [1.82, 2.24) is 0 Å². The highest BCUT2D eigenvalue weighted by Gasteiger charge is 2.46. The highest BCUT2D eigenvalue weighted by atomic mass is 16.7. The first-order valence-electron chi connectivity index (χ1n) is 13.1. The number of phenolic OH excluding ortho intramolecular Hbond substituents is 2. The van der Waals surface area contributed by atoms with Crippen molar-refractivity contribution < 1.29 is 64.2 Å². The first kappa shape index (κ1) is 30.9. The maximum Gasteiger partial charge on any atom is 0.201 e. The summed E-state index contributed by atoms with van der Waals surface area (Å²) in [6, 6.07) is 4.89. The van der Waals surface area contributed by atoms with Gasteiger partial charge in [0.05, 0.1) is 41.7 Å². The van der Waals surface area contributed by atoms with Gasteiger partial charge in [-0.05, 0) is 47.6 Å². The van der Waals surface area contributed by atoms with Crippen LogP contribution in [0.15, 0.2) is 18.2 Å². The number of aromatic hydroxyl groups is 2. The van der Waals surface area contributed by atoms with Crippen molar-refractivity contribution in [2.24, 2.45) is 11.8 Å². The van der Waals surface area contributed by atoms with Gasteiger partial charge in [-0.15, -0.1) is 0 Å². The molecular formula is C28H38O13. The summed E-state index contributed by atoms with van der Waals surface area (Å²) >= 11 is 0. The number of rotatable bonds is 10. The summed E-state index contributed by atoms with van der Waals surface area (Å²) in [6.07, 6.45) is -6.89. The predicted octanol–water partition coefficient (Wildman–Crippen LogP) is -0.139. The quantitative estimate of drug-likeness (QED) is 0.196. The lowest BCUT2D eigenvalue weighted by atomic mass is 9.66. The first-order valence-corrected chi connectivity index (χ1v) is 13.1. The van der Waals surface area contributed by atoms with E-state index in [4.69, 9.17) is 28.4 Å². The monoisotopic (exact) mass is 582 g/mol. The molecule has 2 aromatic carbocycles. The molecule has 0 amide bonds. The van der Waals surface area contributed by atoms with Crippen molar-refractivity contribution in [1.29, 1.82) is 0 Å². The van der Waals surface area contributed by atoms with E-state index < -0.39 is 55.1 Å². The number of methoxy groups -OCH3 is 4. The largest absolute Gasteiger partial charge is 0.502 e. The summed E-state index contributed by atoms with van der Waals surface area (Å²) in [5.74, 6) is -1.45. The predicted molar refractivity (Wildman–Crippen MR) is 142 cm³/mol.